The molecule has 0 saturated heterocycles. The standard InChI is InChI=1S/C27H33N5O4.C3H8/c1-6-36-27(34)31-13-12-20-15-23(35-5)22(14-21(20)16-31)26(33)28-18(3)9-7-8-17(2)25-30-29-24-11-10-19(4)32(24)25;1-3-2/h7-9,14-15,19H,3,6,10-13,16H2,1-2,4-5H3,(H,28,33);3H2,1-2H3/b9-7-,17-8+;. The first-order valence-electron chi connectivity index (χ1n) is 13.6. The van der Waals surface area contributed by atoms with Crippen molar-refractivity contribution in [2.45, 2.75) is 72.9 Å². The highest BCUT2D eigenvalue weighted by Crippen LogP contribution is 2.29. The largest absolute Gasteiger partial charge is 0.496 e. The maximum atomic E-state index is 13.1. The number of carbonyl (C=O) groups is 2. The number of ether oxygens (including phenoxy) is 2. The molecule has 0 fully saturated rings. The van der Waals surface area contributed by atoms with E-state index in [1.165, 1.54) is 13.5 Å². The molecule has 1 atom stereocenters. The van der Waals surface area contributed by atoms with Crippen molar-refractivity contribution in [3.63, 3.8) is 0 Å². The molecule has 2 aliphatic rings. The summed E-state index contributed by atoms with van der Waals surface area (Å²) in [6.07, 6.45) is 9.10. The number of methoxy groups -OCH3 is 1. The number of benzene rings is 1. The van der Waals surface area contributed by atoms with Crippen molar-refractivity contribution >= 4 is 17.6 Å². The van der Waals surface area contributed by atoms with Gasteiger partial charge in [-0.05, 0) is 68.5 Å². The average molecular weight is 536 g/mol. The lowest BCUT2D eigenvalue weighted by Crippen LogP contribution is -2.36. The number of hydrogen-bond donors (Lipinski definition) is 1. The Morgan fingerprint density at radius 2 is 1.92 bits per heavy atom. The summed E-state index contributed by atoms with van der Waals surface area (Å²) >= 11 is 0. The number of aromatic nitrogens is 3. The number of aryl methyl sites for hydroxylation is 1. The fraction of sp³-hybridized carbons (Fsp3) is 0.467. The molecule has 1 unspecified atom stereocenters. The summed E-state index contributed by atoms with van der Waals surface area (Å²) < 4.78 is 12.8. The third-order valence-corrected chi connectivity index (χ3v) is 6.57. The Kier molecular flexibility index (Phi) is 10.5. The molecule has 4 rings (SSSR count). The van der Waals surface area contributed by atoms with Crippen LogP contribution in [-0.4, -0.2) is 51.9 Å². The highest BCUT2D eigenvalue weighted by Gasteiger charge is 2.25. The molecule has 3 heterocycles. The summed E-state index contributed by atoms with van der Waals surface area (Å²) in [5.74, 6) is 2.04. The first-order chi connectivity index (χ1) is 18.7. The second kappa shape index (κ2) is 13.8. The molecule has 1 aromatic heterocycles. The third-order valence-electron chi connectivity index (χ3n) is 6.57. The molecule has 0 saturated carbocycles. The van der Waals surface area contributed by atoms with Crippen LogP contribution in [0.2, 0.25) is 0 Å². The van der Waals surface area contributed by atoms with Crippen molar-refractivity contribution in [3.05, 3.63) is 71.0 Å². The first kappa shape index (κ1) is 29.7. The summed E-state index contributed by atoms with van der Waals surface area (Å²) in [7, 11) is 1.54. The summed E-state index contributed by atoms with van der Waals surface area (Å²) in [6.45, 7) is 15.4. The van der Waals surface area contributed by atoms with Gasteiger partial charge < -0.3 is 24.3 Å². The number of rotatable bonds is 7. The van der Waals surface area contributed by atoms with Gasteiger partial charge in [-0.2, -0.15) is 0 Å². The number of nitrogens with one attached hydrogen (secondary N) is 1. The summed E-state index contributed by atoms with van der Waals surface area (Å²) in [5, 5.41) is 11.4. The van der Waals surface area contributed by atoms with Crippen molar-refractivity contribution in [2.24, 2.45) is 0 Å². The van der Waals surface area contributed by atoms with E-state index in [9.17, 15) is 9.59 Å². The quantitative estimate of drug-likeness (QED) is 0.462. The molecule has 9 nitrogen and oxygen atoms in total. The van der Waals surface area contributed by atoms with E-state index in [1.807, 2.05) is 25.1 Å². The number of allylic oxidation sites excluding steroid dienone is 4. The van der Waals surface area contributed by atoms with Crippen LogP contribution in [0.1, 0.15) is 86.6 Å². The van der Waals surface area contributed by atoms with Gasteiger partial charge >= 0.3 is 6.09 Å². The fourth-order valence-electron chi connectivity index (χ4n) is 4.63. The Morgan fingerprint density at radius 3 is 2.62 bits per heavy atom. The number of fused-ring (bicyclic) bond motifs is 2. The predicted octanol–water partition coefficient (Wildman–Crippen LogP) is 5.63. The van der Waals surface area contributed by atoms with Gasteiger partial charge in [-0.25, -0.2) is 4.79 Å². The van der Waals surface area contributed by atoms with E-state index in [4.69, 9.17) is 9.47 Å². The molecule has 0 radical (unpaired) electrons. The molecule has 1 N–H and O–H groups in total. The Morgan fingerprint density at radius 1 is 1.18 bits per heavy atom. The zero-order chi connectivity index (χ0) is 28.5. The van der Waals surface area contributed by atoms with Gasteiger partial charge in [0.05, 0.1) is 19.3 Å². The lowest BCUT2D eigenvalue weighted by atomic mass is 9.96. The lowest BCUT2D eigenvalue weighted by molar-refractivity contribution is 0.0964. The molecule has 0 spiro atoms. The smallest absolute Gasteiger partial charge is 0.410 e. The zero-order valence-electron chi connectivity index (χ0n) is 24.0. The topological polar surface area (TPSA) is 98.6 Å². The molecule has 0 bridgehead atoms. The number of hydrogen-bond acceptors (Lipinski definition) is 6. The predicted molar refractivity (Wildman–Crippen MR) is 153 cm³/mol. The molecule has 9 heteroatoms. The minimum absolute atomic E-state index is 0.323. The molecule has 2 aromatic rings. The summed E-state index contributed by atoms with van der Waals surface area (Å²) in [4.78, 5) is 26.9. The molecule has 2 amide bonds. The van der Waals surface area contributed by atoms with Gasteiger partial charge in [-0.3, -0.25) is 4.79 Å². The Balaban J connectivity index is 0.00000134. The molecule has 1 aromatic carbocycles. The second-order valence-corrected chi connectivity index (χ2v) is 9.78. The minimum Gasteiger partial charge on any atom is -0.496 e. The van der Waals surface area contributed by atoms with Gasteiger partial charge in [0.1, 0.15) is 11.6 Å². The van der Waals surface area contributed by atoms with Crippen molar-refractivity contribution in [2.75, 3.05) is 20.3 Å². The summed E-state index contributed by atoms with van der Waals surface area (Å²) in [6, 6.07) is 4.04. The van der Waals surface area contributed by atoms with Gasteiger partial charge in [0.25, 0.3) is 5.91 Å². The average Bonchev–Trinajstić information content (AvgIpc) is 3.51. The van der Waals surface area contributed by atoms with E-state index < -0.39 is 0 Å². The van der Waals surface area contributed by atoms with Crippen molar-refractivity contribution in [3.8, 4) is 5.75 Å². The number of nitrogens with zero attached hydrogens (tertiary/aromatic N) is 4. The van der Waals surface area contributed by atoms with Crippen LogP contribution in [0, 0.1) is 0 Å². The van der Waals surface area contributed by atoms with Crippen LogP contribution in [-0.2, 0) is 24.1 Å². The van der Waals surface area contributed by atoms with Crippen LogP contribution in [0.3, 0.4) is 0 Å². The number of carbonyl (C=O) groups excluding carboxylic acids is 2. The monoisotopic (exact) mass is 535 g/mol. The van der Waals surface area contributed by atoms with E-state index >= 15 is 0 Å². The molecular formula is C30H41N5O4. The number of amides is 2. The minimum atomic E-state index is -0.350. The molecule has 210 valence electrons. The van der Waals surface area contributed by atoms with E-state index in [-0.39, 0.29) is 12.0 Å². The maximum absolute atomic E-state index is 13.1. The van der Waals surface area contributed by atoms with Gasteiger partial charge in [0, 0.05) is 31.2 Å². The van der Waals surface area contributed by atoms with E-state index in [2.05, 4.69) is 47.4 Å². The van der Waals surface area contributed by atoms with Crippen LogP contribution in [0.4, 0.5) is 4.79 Å². The summed E-state index contributed by atoms with van der Waals surface area (Å²) in [5.41, 5.74) is 3.76. The lowest BCUT2D eigenvalue weighted by Gasteiger charge is -2.28. The molecular weight excluding hydrogens is 494 g/mol. The Hall–Kier alpha value is -3.88. The highest BCUT2D eigenvalue weighted by atomic mass is 16.6. The van der Waals surface area contributed by atoms with Gasteiger partial charge in [-0.15, -0.1) is 10.2 Å². The van der Waals surface area contributed by atoms with Crippen molar-refractivity contribution in [1.29, 1.82) is 0 Å². The van der Waals surface area contributed by atoms with Crippen LogP contribution < -0.4 is 10.1 Å². The Labute approximate surface area is 231 Å². The van der Waals surface area contributed by atoms with E-state index in [0.29, 0.717) is 49.2 Å². The van der Waals surface area contributed by atoms with Gasteiger partial charge in [0.15, 0.2) is 5.82 Å². The third kappa shape index (κ3) is 7.16. The highest BCUT2D eigenvalue weighted by molar-refractivity contribution is 5.98. The zero-order valence-corrected chi connectivity index (χ0v) is 24.0. The van der Waals surface area contributed by atoms with Crippen molar-refractivity contribution in [1.82, 2.24) is 25.0 Å². The normalized spacial score (nSPS) is 16.2. The van der Waals surface area contributed by atoms with Crippen LogP contribution in [0.15, 0.2) is 42.6 Å². The van der Waals surface area contributed by atoms with E-state index in [1.54, 1.807) is 24.0 Å². The van der Waals surface area contributed by atoms with Crippen LogP contribution in [0.5, 0.6) is 5.75 Å². The molecule has 0 aliphatic carbocycles. The second-order valence-electron chi connectivity index (χ2n) is 9.78. The fourth-order valence-corrected chi connectivity index (χ4v) is 4.63. The first-order valence-corrected chi connectivity index (χ1v) is 13.6. The van der Waals surface area contributed by atoms with Crippen molar-refractivity contribution < 1.29 is 19.1 Å². The van der Waals surface area contributed by atoms with Gasteiger partial charge in [-0.1, -0.05) is 39.0 Å². The SMILES string of the molecule is C=C(/C=C\C=C(/C)c1nnc2n1C(C)CC2)NC(=O)c1cc2c(cc1OC)CCN(C(=O)OCC)C2.CCC. The van der Waals surface area contributed by atoms with Gasteiger partial charge in [0.2, 0.25) is 0 Å². The van der Waals surface area contributed by atoms with E-state index in [0.717, 1.165) is 41.2 Å². The molecule has 39 heavy (non-hydrogen) atoms. The maximum Gasteiger partial charge on any atom is 0.410 e. The molecule has 2 aliphatic heterocycles. The Bertz CT molecular complexity index is 1260. The van der Waals surface area contributed by atoms with Crippen LogP contribution >= 0.6 is 0 Å². The van der Waals surface area contributed by atoms with Crippen LogP contribution in [0.25, 0.3) is 5.57 Å².